The van der Waals surface area contributed by atoms with Gasteiger partial charge in [-0.1, -0.05) is 84.5 Å². The van der Waals surface area contributed by atoms with E-state index in [0.29, 0.717) is 0 Å². The third-order valence-corrected chi connectivity index (χ3v) is 2.17. The van der Waals surface area contributed by atoms with Crippen molar-refractivity contribution in [3.63, 3.8) is 0 Å². The van der Waals surface area contributed by atoms with Gasteiger partial charge in [-0.25, -0.2) is 0 Å². The van der Waals surface area contributed by atoms with Crippen LogP contribution in [-0.2, 0) is 0 Å². The molecule has 0 aliphatic heterocycles. The summed E-state index contributed by atoms with van der Waals surface area (Å²) in [6, 6.07) is 7.97. The van der Waals surface area contributed by atoms with Gasteiger partial charge in [-0.15, -0.1) is 0 Å². The van der Waals surface area contributed by atoms with Crippen LogP contribution in [0.4, 0.5) is 0 Å². The van der Waals surface area contributed by atoms with Crippen molar-refractivity contribution in [3.05, 3.63) is 47.1 Å². The lowest BCUT2D eigenvalue weighted by Crippen LogP contribution is -2.17. The van der Waals surface area contributed by atoms with E-state index in [1.807, 2.05) is 91.0 Å². The van der Waals surface area contributed by atoms with Gasteiger partial charge in [0.25, 0.3) is 0 Å². The van der Waals surface area contributed by atoms with E-state index in [2.05, 4.69) is 6.58 Å². The molecule has 0 aliphatic rings. The predicted molar refractivity (Wildman–Crippen MR) is 94.3 cm³/mol. The van der Waals surface area contributed by atoms with Crippen molar-refractivity contribution in [2.24, 2.45) is 0 Å². The van der Waals surface area contributed by atoms with Gasteiger partial charge in [-0.05, 0) is 13.0 Å². The topological polar surface area (TPSA) is 13.1 Å². The molecule has 0 N–H and O–H groups in total. The summed E-state index contributed by atoms with van der Waals surface area (Å²) >= 11 is 0. The van der Waals surface area contributed by atoms with E-state index >= 15 is 0 Å². The average Bonchev–Trinajstić information content (AvgIpc) is 2.86. The van der Waals surface area contributed by atoms with Gasteiger partial charge in [0, 0.05) is 10.6 Å². The Hall–Kier alpha value is -1.76. The minimum atomic E-state index is 0.726. The van der Waals surface area contributed by atoms with Crippen LogP contribution in [0.5, 0.6) is 0 Å². The highest BCUT2D eigenvalue weighted by Crippen LogP contribution is 2.06. The molecule has 1 heteroatoms. The minimum Gasteiger partial charge on any atom is -0.457 e. The van der Waals surface area contributed by atoms with E-state index in [1.54, 1.807) is 0 Å². The third-order valence-electron chi connectivity index (χ3n) is 2.17. The van der Waals surface area contributed by atoms with Crippen LogP contribution in [-0.4, -0.2) is 0 Å². The fourth-order valence-corrected chi connectivity index (χ4v) is 1.49. The fourth-order valence-electron chi connectivity index (χ4n) is 1.49. The van der Waals surface area contributed by atoms with E-state index < -0.39 is 0 Å². The van der Waals surface area contributed by atoms with E-state index in [-0.39, 0.29) is 0 Å². The molecule has 1 heterocycles. The largest absolute Gasteiger partial charge is 0.457 e. The number of para-hydroxylation sites is 1. The Labute approximate surface area is 124 Å². The molecule has 112 valence electrons. The molecule has 0 bridgehead atoms. The first-order valence-corrected chi connectivity index (χ1v) is 7.62. The number of hydrogen-bond donors (Lipinski definition) is 0. The molecule has 0 radical (unpaired) electrons. The average molecular weight is 274 g/mol. The van der Waals surface area contributed by atoms with Gasteiger partial charge >= 0.3 is 0 Å². The first kappa shape index (κ1) is 20.6. The second-order valence-electron chi connectivity index (χ2n) is 3.13. The smallest absolute Gasteiger partial charge is 0.135 e. The summed E-state index contributed by atoms with van der Waals surface area (Å²) in [6.07, 6.45) is 6.00. The Bertz CT molecular complexity index is 573. The van der Waals surface area contributed by atoms with Crippen molar-refractivity contribution in [3.8, 4) is 0 Å². The molecule has 0 atom stereocenters. The molecule has 0 saturated heterocycles. The zero-order valence-electron chi connectivity index (χ0n) is 14.2. The summed E-state index contributed by atoms with van der Waals surface area (Å²) < 4.78 is 5.52. The Balaban J connectivity index is 0. The molecule has 0 amide bonds. The van der Waals surface area contributed by atoms with Crippen LogP contribution < -0.4 is 10.6 Å². The van der Waals surface area contributed by atoms with Crippen molar-refractivity contribution in [2.45, 2.75) is 48.5 Å². The molecule has 2 rings (SSSR count). The maximum absolute atomic E-state index is 5.52. The normalized spacial score (nSPS) is 10.1. The van der Waals surface area contributed by atoms with Gasteiger partial charge in [0.1, 0.15) is 11.0 Å². The highest BCUT2D eigenvalue weighted by molar-refractivity contribution is 5.79. The third kappa shape index (κ3) is 5.92. The van der Waals surface area contributed by atoms with Gasteiger partial charge in [0.2, 0.25) is 0 Å². The maximum atomic E-state index is 5.52. The minimum absolute atomic E-state index is 0.726. The van der Waals surface area contributed by atoms with Gasteiger partial charge in [-0.3, -0.25) is 0 Å². The number of hydrogen-bond acceptors (Lipinski definition) is 1. The lowest BCUT2D eigenvalue weighted by atomic mass is 10.2. The summed E-state index contributed by atoms with van der Waals surface area (Å²) in [5.41, 5.74) is 1.62. The fraction of sp³-hybridized carbons (Fsp3) is 0.368. The SMILES string of the molecule is C=c1oc2ccccc2/c1=C/C=C\C.CC.CC.CC. The van der Waals surface area contributed by atoms with Gasteiger partial charge in [0.15, 0.2) is 0 Å². The van der Waals surface area contributed by atoms with Gasteiger partial charge in [0.05, 0.1) is 0 Å². The second kappa shape index (κ2) is 13.7. The molecular formula is C19H30O. The Morgan fingerprint density at radius 2 is 1.50 bits per heavy atom. The lowest BCUT2D eigenvalue weighted by molar-refractivity contribution is 0.577. The van der Waals surface area contributed by atoms with E-state index in [0.717, 1.165) is 21.6 Å². The van der Waals surface area contributed by atoms with Crippen molar-refractivity contribution >= 4 is 23.6 Å². The van der Waals surface area contributed by atoms with Crippen molar-refractivity contribution < 1.29 is 4.42 Å². The van der Waals surface area contributed by atoms with E-state index in [1.165, 1.54) is 0 Å². The first-order chi connectivity index (χ1) is 9.83. The van der Waals surface area contributed by atoms with E-state index in [9.17, 15) is 0 Å². The molecule has 2 aromatic rings. The lowest BCUT2D eigenvalue weighted by Gasteiger charge is -1.83. The van der Waals surface area contributed by atoms with Crippen LogP contribution in [0.3, 0.4) is 0 Å². The molecule has 1 aromatic heterocycles. The highest BCUT2D eigenvalue weighted by atomic mass is 16.3. The predicted octanol–water partition coefficient (Wildman–Crippen LogP) is 5.28. The van der Waals surface area contributed by atoms with Crippen LogP contribution in [0.2, 0.25) is 0 Å². The number of rotatable bonds is 1. The Morgan fingerprint density at radius 1 is 0.950 bits per heavy atom. The second-order valence-corrected chi connectivity index (χ2v) is 3.13. The molecule has 0 saturated carbocycles. The van der Waals surface area contributed by atoms with Crippen LogP contribution in [0.15, 0.2) is 40.8 Å². The summed E-state index contributed by atoms with van der Waals surface area (Å²) in [6.45, 7) is 17.9. The maximum Gasteiger partial charge on any atom is 0.135 e. The van der Waals surface area contributed by atoms with Crippen LogP contribution in [0.25, 0.3) is 23.6 Å². The van der Waals surface area contributed by atoms with Crippen LogP contribution in [0, 0.1) is 0 Å². The van der Waals surface area contributed by atoms with Gasteiger partial charge < -0.3 is 4.42 Å². The van der Waals surface area contributed by atoms with Crippen molar-refractivity contribution in [2.75, 3.05) is 0 Å². The molecule has 0 fully saturated rings. The zero-order chi connectivity index (χ0) is 16.0. The molecule has 1 nitrogen and oxygen atoms in total. The Kier molecular flexibility index (Phi) is 14.0. The van der Waals surface area contributed by atoms with Crippen LogP contribution in [0.1, 0.15) is 48.5 Å². The number of benzene rings is 1. The molecule has 1 aromatic carbocycles. The molecular weight excluding hydrogens is 244 g/mol. The quantitative estimate of drug-likeness (QED) is 0.689. The molecule has 0 unspecified atom stereocenters. The Morgan fingerprint density at radius 3 is 2.05 bits per heavy atom. The standard InChI is InChI=1S/C13H12O.3C2H6/c1-3-4-7-11-10(2)14-13-9-6-5-8-12(11)13;3*1-2/h3-9H,2H2,1H3;3*1-2H3/b4-3-,11-7+;;;. The van der Waals surface area contributed by atoms with Crippen molar-refractivity contribution in [1.82, 2.24) is 0 Å². The number of furan rings is 1. The molecule has 0 aliphatic carbocycles. The highest BCUT2D eigenvalue weighted by Gasteiger charge is 1.98. The summed E-state index contributed by atoms with van der Waals surface area (Å²) in [4.78, 5) is 0. The number of allylic oxidation sites excluding steroid dienone is 2. The summed E-state index contributed by atoms with van der Waals surface area (Å²) in [7, 11) is 0. The summed E-state index contributed by atoms with van der Waals surface area (Å²) in [5.74, 6) is 0. The molecule has 0 spiro atoms. The van der Waals surface area contributed by atoms with Gasteiger partial charge in [-0.2, -0.15) is 0 Å². The zero-order valence-corrected chi connectivity index (χ0v) is 14.2. The first-order valence-electron chi connectivity index (χ1n) is 7.62. The van der Waals surface area contributed by atoms with E-state index in [4.69, 9.17) is 4.42 Å². The number of fused-ring (bicyclic) bond motifs is 1. The van der Waals surface area contributed by atoms with Crippen molar-refractivity contribution in [1.29, 1.82) is 0 Å². The molecule has 20 heavy (non-hydrogen) atoms. The monoisotopic (exact) mass is 274 g/mol. The van der Waals surface area contributed by atoms with Crippen LogP contribution >= 0.6 is 0 Å². The summed E-state index contributed by atoms with van der Waals surface area (Å²) in [5, 5.41) is 2.19.